The van der Waals surface area contributed by atoms with Crippen LogP contribution in [0.15, 0.2) is 53.5 Å². The second-order valence-corrected chi connectivity index (χ2v) is 5.83. The van der Waals surface area contributed by atoms with Crippen LogP contribution in [-0.2, 0) is 11.8 Å². The van der Waals surface area contributed by atoms with E-state index >= 15 is 0 Å². The number of hydrogen-bond acceptors (Lipinski definition) is 3. The van der Waals surface area contributed by atoms with Gasteiger partial charge >= 0.3 is 0 Å². The molecular weight excluding hydrogens is 337 g/mol. The molecule has 0 saturated carbocycles. The third-order valence-corrected chi connectivity index (χ3v) is 3.86. The van der Waals surface area contributed by atoms with E-state index in [0.717, 1.165) is 0 Å². The number of para-hydroxylation sites is 1. The molecule has 0 saturated heterocycles. The largest absolute Gasteiger partial charge is 0.347 e. The van der Waals surface area contributed by atoms with Crippen LogP contribution in [0.5, 0.6) is 0 Å². The third kappa shape index (κ3) is 3.32. The quantitative estimate of drug-likeness (QED) is 0.760. The van der Waals surface area contributed by atoms with Gasteiger partial charge in [-0.15, -0.1) is 0 Å². The van der Waals surface area contributed by atoms with Crippen molar-refractivity contribution in [2.75, 3.05) is 10.6 Å². The second kappa shape index (κ2) is 6.79. The predicted octanol–water partition coefficient (Wildman–Crippen LogP) is 2.89. The number of benzene rings is 2. The van der Waals surface area contributed by atoms with Gasteiger partial charge in [-0.2, -0.15) is 0 Å². The Hall–Kier alpha value is -3.48. The summed E-state index contributed by atoms with van der Waals surface area (Å²) >= 11 is 0. The van der Waals surface area contributed by atoms with E-state index < -0.39 is 17.2 Å². The number of aryl methyl sites for hydroxylation is 1. The van der Waals surface area contributed by atoms with Gasteiger partial charge in [0.25, 0.3) is 5.91 Å². The number of fused-ring (bicyclic) bond motifs is 1. The minimum absolute atomic E-state index is 0.0865. The van der Waals surface area contributed by atoms with Crippen molar-refractivity contribution in [2.24, 2.45) is 7.05 Å². The molecule has 1 heterocycles. The maximum absolute atomic E-state index is 13.9. The van der Waals surface area contributed by atoms with Gasteiger partial charge in [-0.05, 0) is 36.4 Å². The summed E-state index contributed by atoms with van der Waals surface area (Å²) in [4.78, 5) is 36.1. The fourth-order valence-corrected chi connectivity index (χ4v) is 2.72. The molecule has 0 atom stereocenters. The summed E-state index contributed by atoms with van der Waals surface area (Å²) < 4.78 is 15.4. The second-order valence-electron chi connectivity index (χ2n) is 5.83. The van der Waals surface area contributed by atoms with Gasteiger partial charge in [0.15, 0.2) is 0 Å². The number of amides is 2. The van der Waals surface area contributed by atoms with Gasteiger partial charge in [0.05, 0.1) is 5.52 Å². The minimum atomic E-state index is -0.593. The Morgan fingerprint density at radius 3 is 2.23 bits per heavy atom. The van der Waals surface area contributed by atoms with Gasteiger partial charge in [-0.25, -0.2) is 4.39 Å². The first kappa shape index (κ1) is 17.3. The molecule has 0 radical (unpaired) electrons. The van der Waals surface area contributed by atoms with E-state index in [-0.39, 0.29) is 22.4 Å². The Bertz CT molecular complexity index is 1070. The van der Waals surface area contributed by atoms with Crippen LogP contribution in [0.2, 0.25) is 0 Å². The number of nitrogens with one attached hydrogen (secondary N) is 2. The Labute approximate surface area is 148 Å². The number of pyridine rings is 1. The smallest absolute Gasteiger partial charge is 0.261 e. The Balaban J connectivity index is 1.92. The lowest BCUT2D eigenvalue weighted by molar-refractivity contribution is -0.114. The fraction of sp³-hybridized carbons (Fsp3) is 0.105. The standard InChI is InChI=1S/C19H16FN3O3/c1-11(24)21-12-6-8-13(9-7-12)22-19(26)15-10-23(2)17-14(18(15)25)4-3-5-16(17)20/h3-10H,1-2H3,(H,21,24)(H,22,26). The molecule has 6 nitrogen and oxygen atoms in total. The Kier molecular flexibility index (Phi) is 4.53. The number of carbonyl (C=O) groups is 2. The number of nitrogens with zero attached hydrogens (tertiary/aromatic N) is 1. The van der Waals surface area contributed by atoms with Crippen LogP contribution in [0.3, 0.4) is 0 Å². The third-order valence-electron chi connectivity index (χ3n) is 3.86. The van der Waals surface area contributed by atoms with E-state index in [1.165, 1.54) is 35.9 Å². The van der Waals surface area contributed by atoms with E-state index in [0.29, 0.717) is 11.4 Å². The van der Waals surface area contributed by atoms with Crippen LogP contribution in [0, 0.1) is 5.82 Å². The highest BCUT2D eigenvalue weighted by Crippen LogP contribution is 2.17. The van der Waals surface area contributed by atoms with Crippen molar-refractivity contribution in [1.29, 1.82) is 0 Å². The molecule has 132 valence electrons. The molecular formula is C19H16FN3O3. The highest BCUT2D eigenvalue weighted by atomic mass is 19.1. The highest BCUT2D eigenvalue weighted by Gasteiger charge is 2.16. The minimum Gasteiger partial charge on any atom is -0.347 e. The van der Waals surface area contributed by atoms with Crippen molar-refractivity contribution < 1.29 is 14.0 Å². The summed E-state index contributed by atoms with van der Waals surface area (Å²) in [5.74, 6) is -1.32. The molecule has 26 heavy (non-hydrogen) atoms. The zero-order valence-electron chi connectivity index (χ0n) is 14.2. The summed E-state index contributed by atoms with van der Waals surface area (Å²) in [6, 6.07) is 10.7. The topological polar surface area (TPSA) is 80.2 Å². The van der Waals surface area contributed by atoms with Crippen LogP contribution >= 0.6 is 0 Å². The van der Waals surface area contributed by atoms with Crippen LogP contribution in [0.4, 0.5) is 15.8 Å². The first-order valence-electron chi connectivity index (χ1n) is 7.83. The zero-order valence-corrected chi connectivity index (χ0v) is 14.2. The van der Waals surface area contributed by atoms with E-state index in [4.69, 9.17) is 0 Å². The molecule has 2 N–H and O–H groups in total. The first-order chi connectivity index (χ1) is 12.4. The molecule has 7 heteroatoms. The van der Waals surface area contributed by atoms with E-state index in [2.05, 4.69) is 10.6 Å². The molecule has 3 rings (SSSR count). The van der Waals surface area contributed by atoms with Crippen molar-refractivity contribution in [3.05, 3.63) is 70.3 Å². The molecule has 2 aromatic carbocycles. The van der Waals surface area contributed by atoms with Gasteiger partial charge in [-0.1, -0.05) is 6.07 Å². The normalized spacial score (nSPS) is 10.6. The van der Waals surface area contributed by atoms with Crippen molar-refractivity contribution in [2.45, 2.75) is 6.92 Å². The van der Waals surface area contributed by atoms with Crippen molar-refractivity contribution in [3.8, 4) is 0 Å². The van der Waals surface area contributed by atoms with Gasteiger partial charge < -0.3 is 15.2 Å². The van der Waals surface area contributed by atoms with Gasteiger partial charge in [0.1, 0.15) is 11.4 Å². The van der Waals surface area contributed by atoms with Crippen LogP contribution in [0.1, 0.15) is 17.3 Å². The lowest BCUT2D eigenvalue weighted by Gasteiger charge is -2.10. The zero-order chi connectivity index (χ0) is 18.8. The van der Waals surface area contributed by atoms with Crippen molar-refractivity contribution >= 4 is 34.1 Å². The Morgan fingerprint density at radius 2 is 1.62 bits per heavy atom. The predicted molar refractivity (Wildman–Crippen MR) is 97.8 cm³/mol. The molecule has 0 unspecified atom stereocenters. The van der Waals surface area contributed by atoms with Crippen LogP contribution < -0.4 is 16.1 Å². The number of aromatic nitrogens is 1. The van der Waals surface area contributed by atoms with E-state index in [9.17, 15) is 18.8 Å². The number of hydrogen-bond donors (Lipinski definition) is 2. The molecule has 0 aliphatic carbocycles. The van der Waals surface area contributed by atoms with Crippen molar-refractivity contribution in [1.82, 2.24) is 4.57 Å². The van der Waals surface area contributed by atoms with Crippen LogP contribution in [0.25, 0.3) is 10.9 Å². The lowest BCUT2D eigenvalue weighted by atomic mass is 10.1. The van der Waals surface area contributed by atoms with Gasteiger partial charge in [-0.3, -0.25) is 14.4 Å². The lowest BCUT2D eigenvalue weighted by Crippen LogP contribution is -2.23. The first-order valence-corrected chi connectivity index (χ1v) is 7.83. The van der Waals surface area contributed by atoms with Gasteiger partial charge in [0, 0.05) is 36.9 Å². The average Bonchev–Trinajstić information content (AvgIpc) is 2.59. The molecule has 0 aliphatic rings. The van der Waals surface area contributed by atoms with E-state index in [1.54, 1.807) is 31.3 Å². The maximum atomic E-state index is 13.9. The summed E-state index contributed by atoms with van der Waals surface area (Å²) in [5.41, 5.74) is 0.577. The monoisotopic (exact) mass is 353 g/mol. The molecule has 0 aliphatic heterocycles. The van der Waals surface area contributed by atoms with Crippen LogP contribution in [-0.4, -0.2) is 16.4 Å². The molecule has 3 aromatic rings. The van der Waals surface area contributed by atoms with E-state index in [1.807, 2.05) is 0 Å². The molecule has 2 amide bonds. The summed E-state index contributed by atoms with van der Waals surface area (Å²) in [6.07, 6.45) is 1.31. The Morgan fingerprint density at radius 1 is 1.00 bits per heavy atom. The number of halogens is 1. The molecule has 0 fully saturated rings. The summed E-state index contributed by atoms with van der Waals surface area (Å²) in [7, 11) is 1.57. The molecule has 0 spiro atoms. The summed E-state index contributed by atoms with van der Waals surface area (Å²) in [6.45, 7) is 1.40. The number of rotatable bonds is 3. The maximum Gasteiger partial charge on any atom is 0.261 e. The number of anilines is 2. The van der Waals surface area contributed by atoms with Crippen molar-refractivity contribution in [3.63, 3.8) is 0 Å². The SMILES string of the molecule is CC(=O)Nc1ccc(NC(=O)c2cn(C)c3c(F)cccc3c2=O)cc1. The highest BCUT2D eigenvalue weighted by molar-refractivity contribution is 6.05. The van der Waals surface area contributed by atoms with Gasteiger partial charge in [0.2, 0.25) is 11.3 Å². The average molecular weight is 353 g/mol. The number of carbonyl (C=O) groups excluding carboxylic acids is 2. The summed E-state index contributed by atoms with van der Waals surface area (Å²) in [5, 5.41) is 5.39. The molecule has 0 bridgehead atoms. The fourth-order valence-electron chi connectivity index (χ4n) is 2.72. The molecule has 1 aromatic heterocycles.